The molecule has 0 radical (unpaired) electrons. The van der Waals surface area contributed by atoms with Gasteiger partial charge in [-0.05, 0) is 42.7 Å². The molecule has 0 aliphatic heterocycles. The number of hydrogen-bond acceptors (Lipinski definition) is 5. The van der Waals surface area contributed by atoms with Gasteiger partial charge < -0.3 is 16.0 Å². The number of nitrogens with zero attached hydrogens (tertiary/aromatic N) is 1. The molecule has 1 aromatic heterocycles. The molecule has 3 rings (SSSR count). The van der Waals surface area contributed by atoms with Gasteiger partial charge >= 0.3 is 0 Å². The Bertz CT molecular complexity index is 1130. The summed E-state index contributed by atoms with van der Waals surface area (Å²) in [6.45, 7) is 2.87. The van der Waals surface area contributed by atoms with E-state index in [0.717, 1.165) is 5.39 Å². The van der Waals surface area contributed by atoms with E-state index in [4.69, 9.17) is 0 Å². The Labute approximate surface area is 184 Å². The van der Waals surface area contributed by atoms with Crippen molar-refractivity contribution < 1.29 is 14.0 Å². The summed E-state index contributed by atoms with van der Waals surface area (Å²) in [5.74, 6) is -0.259. The minimum Gasteiger partial charge on any atom is -0.368 e. The molecular weight excluding hydrogens is 413 g/mol. The van der Waals surface area contributed by atoms with E-state index in [0.29, 0.717) is 36.4 Å². The molecule has 8 nitrogen and oxygen atoms in total. The number of rotatable bonds is 10. The van der Waals surface area contributed by atoms with E-state index in [-0.39, 0.29) is 42.0 Å². The zero-order valence-corrected chi connectivity index (χ0v) is 17.8. The van der Waals surface area contributed by atoms with Crippen LogP contribution in [-0.2, 0) is 9.59 Å². The molecule has 0 saturated carbocycles. The normalized spacial score (nSPS) is 11.7. The maximum atomic E-state index is 12.9. The van der Waals surface area contributed by atoms with Gasteiger partial charge in [0.1, 0.15) is 5.82 Å². The highest BCUT2D eigenvalue weighted by atomic mass is 19.1. The second kappa shape index (κ2) is 11.0. The highest BCUT2D eigenvalue weighted by molar-refractivity contribution is 5.91. The summed E-state index contributed by atoms with van der Waals surface area (Å²) in [4.78, 5) is 36.0. The summed E-state index contributed by atoms with van der Waals surface area (Å²) in [5.41, 5.74) is 0.282. The van der Waals surface area contributed by atoms with Crippen molar-refractivity contribution >= 4 is 34.1 Å². The average Bonchev–Trinajstić information content (AvgIpc) is 2.76. The summed E-state index contributed by atoms with van der Waals surface area (Å²) in [6.07, 6.45) is 1.09. The van der Waals surface area contributed by atoms with Crippen LogP contribution in [-0.4, -0.2) is 35.1 Å². The number of halogens is 1. The molecule has 0 spiro atoms. The Kier molecular flexibility index (Phi) is 7.91. The van der Waals surface area contributed by atoms with Gasteiger partial charge in [0.2, 0.25) is 11.8 Å². The van der Waals surface area contributed by atoms with Gasteiger partial charge in [0.15, 0.2) is 5.82 Å². The third-order valence-corrected chi connectivity index (χ3v) is 4.86. The molecule has 0 aliphatic carbocycles. The van der Waals surface area contributed by atoms with Crippen LogP contribution in [0, 0.1) is 11.7 Å². The van der Waals surface area contributed by atoms with Gasteiger partial charge in [-0.2, -0.15) is 5.10 Å². The molecule has 2 amide bonds. The molecule has 2 aromatic carbocycles. The fraction of sp³-hybridized carbons (Fsp3) is 0.304. The summed E-state index contributed by atoms with van der Waals surface area (Å²) in [7, 11) is 0. The van der Waals surface area contributed by atoms with E-state index >= 15 is 0 Å². The van der Waals surface area contributed by atoms with E-state index in [2.05, 4.69) is 26.1 Å². The topological polar surface area (TPSA) is 116 Å². The summed E-state index contributed by atoms with van der Waals surface area (Å²) in [5, 5.41) is 16.5. The molecule has 0 bridgehead atoms. The van der Waals surface area contributed by atoms with Crippen molar-refractivity contribution in [2.24, 2.45) is 5.92 Å². The lowest BCUT2D eigenvalue weighted by atomic mass is 10.0. The molecule has 1 unspecified atom stereocenters. The predicted octanol–water partition coefficient (Wildman–Crippen LogP) is 3.04. The largest absolute Gasteiger partial charge is 0.368 e. The smallest absolute Gasteiger partial charge is 0.272 e. The molecule has 1 heterocycles. The fourth-order valence-corrected chi connectivity index (χ4v) is 3.30. The molecule has 4 N–H and O–H groups in total. The van der Waals surface area contributed by atoms with Crippen LogP contribution in [0.4, 0.5) is 15.9 Å². The van der Waals surface area contributed by atoms with E-state index in [1.165, 1.54) is 24.3 Å². The van der Waals surface area contributed by atoms with Crippen LogP contribution >= 0.6 is 0 Å². The number of aromatic amines is 1. The molecule has 9 heteroatoms. The first kappa shape index (κ1) is 22.9. The molecule has 3 aromatic rings. The third kappa shape index (κ3) is 6.63. The Morgan fingerprint density at radius 1 is 1.00 bits per heavy atom. The number of benzene rings is 2. The molecule has 168 valence electrons. The molecule has 1 atom stereocenters. The Balaban J connectivity index is 1.34. The van der Waals surface area contributed by atoms with Crippen molar-refractivity contribution in [2.75, 3.05) is 23.7 Å². The number of aromatic nitrogens is 2. The average molecular weight is 439 g/mol. The van der Waals surface area contributed by atoms with Gasteiger partial charge in [0.05, 0.1) is 5.39 Å². The summed E-state index contributed by atoms with van der Waals surface area (Å²) >= 11 is 0. The molecule has 0 aliphatic rings. The lowest BCUT2D eigenvalue weighted by Gasteiger charge is -2.12. The van der Waals surface area contributed by atoms with Crippen molar-refractivity contribution in [3.63, 3.8) is 0 Å². The van der Waals surface area contributed by atoms with Crippen molar-refractivity contribution in [1.82, 2.24) is 15.5 Å². The van der Waals surface area contributed by atoms with Crippen LogP contribution in [0.25, 0.3) is 10.8 Å². The molecule has 0 saturated heterocycles. The number of fused-ring (bicyclic) bond motifs is 1. The maximum absolute atomic E-state index is 12.9. The maximum Gasteiger partial charge on any atom is 0.272 e. The zero-order valence-electron chi connectivity index (χ0n) is 17.8. The highest BCUT2D eigenvalue weighted by Crippen LogP contribution is 2.16. The SMILES string of the molecule is CC(CC(=O)NCCCNc1n[nH]c(=O)c2ccccc12)CC(=O)Nc1ccc(F)cc1. The predicted molar refractivity (Wildman–Crippen MR) is 122 cm³/mol. The van der Waals surface area contributed by atoms with Gasteiger partial charge in [0, 0.05) is 37.0 Å². The first-order valence-electron chi connectivity index (χ1n) is 10.5. The first-order valence-corrected chi connectivity index (χ1v) is 10.5. The number of amides is 2. The van der Waals surface area contributed by atoms with Crippen LogP contribution in [0.1, 0.15) is 26.2 Å². The van der Waals surface area contributed by atoms with Crippen molar-refractivity contribution in [2.45, 2.75) is 26.2 Å². The van der Waals surface area contributed by atoms with E-state index in [1.807, 2.05) is 19.1 Å². The van der Waals surface area contributed by atoms with Crippen LogP contribution in [0.5, 0.6) is 0 Å². The van der Waals surface area contributed by atoms with E-state index in [9.17, 15) is 18.8 Å². The number of nitrogens with one attached hydrogen (secondary N) is 4. The second-order valence-corrected chi connectivity index (χ2v) is 7.65. The van der Waals surface area contributed by atoms with E-state index in [1.54, 1.807) is 12.1 Å². The summed E-state index contributed by atoms with van der Waals surface area (Å²) < 4.78 is 12.9. The lowest BCUT2D eigenvalue weighted by molar-refractivity contribution is -0.122. The molecular formula is C23H26FN5O3. The lowest BCUT2D eigenvalue weighted by Crippen LogP contribution is -2.28. The minimum absolute atomic E-state index is 0.125. The fourth-order valence-electron chi connectivity index (χ4n) is 3.30. The zero-order chi connectivity index (χ0) is 22.9. The highest BCUT2D eigenvalue weighted by Gasteiger charge is 2.13. The minimum atomic E-state index is -0.369. The van der Waals surface area contributed by atoms with Gasteiger partial charge in [-0.1, -0.05) is 25.1 Å². The van der Waals surface area contributed by atoms with Crippen molar-refractivity contribution in [3.05, 3.63) is 64.7 Å². The van der Waals surface area contributed by atoms with Crippen LogP contribution in [0.2, 0.25) is 0 Å². The van der Waals surface area contributed by atoms with Crippen LogP contribution in [0.15, 0.2) is 53.3 Å². The summed E-state index contributed by atoms with van der Waals surface area (Å²) in [6, 6.07) is 12.7. The monoisotopic (exact) mass is 439 g/mol. The second-order valence-electron chi connectivity index (χ2n) is 7.65. The Hall–Kier alpha value is -3.75. The quantitative estimate of drug-likeness (QED) is 0.363. The van der Waals surface area contributed by atoms with Crippen LogP contribution in [0.3, 0.4) is 0 Å². The van der Waals surface area contributed by atoms with Gasteiger partial charge in [-0.25, -0.2) is 9.49 Å². The van der Waals surface area contributed by atoms with Gasteiger partial charge in [-0.3, -0.25) is 14.4 Å². The van der Waals surface area contributed by atoms with Crippen LogP contribution < -0.4 is 21.5 Å². The Morgan fingerprint density at radius 2 is 1.69 bits per heavy atom. The number of carbonyl (C=O) groups is 2. The van der Waals surface area contributed by atoms with Crippen molar-refractivity contribution in [3.8, 4) is 0 Å². The number of hydrogen-bond donors (Lipinski definition) is 4. The van der Waals surface area contributed by atoms with E-state index < -0.39 is 0 Å². The van der Waals surface area contributed by atoms with Gasteiger partial charge in [0.25, 0.3) is 5.56 Å². The number of anilines is 2. The standard InChI is InChI=1S/C23H26FN5O3/c1-15(14-21(31)27-17-9-7-16(24)8-10-17)13-20(30)25-11-4-12-26-22-18-5-2-3-6-19(18)23(32)29-28-22/h2-3,5-10,15H,4,11-14H2,1H3,(H,25,30)(H,26,28)(H,27,31)(H,29,32). The number of carbonyl (C=O) groups excluding carboxylic acids is 2. The van der Waals surface area contributed by atoms with Gasteiger partial charge in [-0.15, -0.1) is 0 Å². The number of H-pyrrole nitrogens is 1. The molecule has 0 fully saturated rings. The molecule has 32 heavy (non-hydrogen) atoms. The Morgan fingerprint density at radius 3 is 2.44 bits per heavy atom. The third-order valence-electron chi connectivity index (χ3n) is 4.86. The van der Waals surface area contributed by atoms with Crippen molar-refractivity contribution in [1.29, 1.82) is 0 Å². The first-order chi connectivity index (χ1) is 15.4.